The number of nitrogens with zero attached hydrogens (tertiary/aromatic N) is 1. The Kier molecular flexibility index (Phi) is 6.75. The van der Waals surface area contributed by atoms with E-state index in [4.69, 9.17) is 4.74 Å². The van der Waals surface area contributed by atoms with Crippen LogP contribution in [0.25, 0.3) is 21.8 Å². The molecule has 33 heavy (non-hydrogen) atoms. The number of para-hydroxylation sites is 1. The molecule has 0 radical (unpaired) electrons. The molecule has 1 heterocycles. The Balaban J connectivity index is 2.01. The number of benzene rings is 3. The molecule has 0 unspecified atom stereocenters. The summed E-state index contributed by atoms with van der Waals surface area (Å²) in [4.78, 5) is 24.4. The molecule has 1 N–H and O–H groups in total. The molecule has 0 bridgehead atoms. The zero-order valence-electron chi connectivity index (χ0n) is 19.4. The summed E-state index contributed by atoms with van der Waals surface area (Å²) >= 11 is 1.59. The standard InChI is InChI=1S/C27H28N2O3S/c1-5-9-20-15-24(32-18(3)31)27(33-4)26-25(20)22-12-6-7-13-23(22)29(26)16-19-10-8-11-21(14-19)28-17(2)30/h6-8,10-15H,5,9,16H2,1-4H3,(H,28,30). The minimum atomic E-state index is -0.322. The Hall–Kier alpha value is -3.25. The lowest BCUT2D eigenvalue weighted by atomic mass is 10.0. The van der Waals surface area contributed by atoms with Crippen LogP contribution in [-0.2, 0) is 22.6 Å². The third kappa shape index (κ3) is 4.62. The van der Waals surface area contributed by atoms with Crippen molar-refractivity contribution in [1.82, 2.24) is 4.57 Å². The maximum Gasteiger partial charge on any atom is 0.308 e. The first-order valence-electron chi connectivity index (χ1n) is 11.1. The summed E-state index contributed by atoms with van der Waals surface area (Å²) in [5.41, 5.74) is 5.24. The van der Waals surface area contributed by atoms with Crippen LogP contribution in [0, 0.1) is 0 Å². The number of ether oxygens (including phenoxy) is 1. The van der Waals surface area contributed by atoms with Crippen LogP contribution in [0.3, 0.4) is 0 Å². The molecule has 0 saturated heterocycles. The van der Waals surface area contributed by atoms with E-state index in [0.29, 0.717) is 12.3 Å². The van der Waals surface area contributed by atoms with Gasteiger partial charge in [-0.15, -0.1) is 11.8 Å². The van der Waals surface area contributed by atoms with Crippen LogP contribution < -0.4 is 10.1 Å². The van der Waals surface area contributed by atoms with Crippen LogP contribution in [0.1, 0.15) is 38.3 Å². The van der Waals surface area contributed by atoms with E-state index in [1.165, 1.54) is 30.2 Å². The highest BCUT2D eigenvalue weighted by atomic mass is 32.2. The van der Waals surface area contributed by atoms with Crippen molar-refractivity contribution < 1.29 is 14.3 Å². The summed E-state index contributed by atoms with van der Waals surface area (Å²) in [7, 11) is 0. The van der Waals surface area contributed by atoms with Gasteiger partial charge in [-0.25, -0.2) is 0 Å². The lowest BCUT2D eigenvalue weighted by molar-refractivity contribution is -0.132. The molecule has 170 valence electrons. The Morgan fingerprint density at radius 1 is 1.06 bits per heavy atom. The van der Waals surface area contributed by atoms with Gasteiger partial charge in [0.1, 0.15) is 5.75 Å². The highest BCUT2D eigenvalue weighted by Crippen LogP contribution is 2.43. The van der Waals surface area contributed by atoms with E-state index < -0.39 is 0 Å². The molecule has 0 aliphatic carbocycles. The summed E-state index contributed by atoms with van der Waals surface area (Å²) < 4.78 is 7.98. The lowest BCUT2D eigenvalue weighted by Crippen LogP contribution is -2.07. The van der Waals surface area contributed by atoms with Gasteiger partial charge in [0.15, 0.2) is 0 Å². The molecule has 3 aromatic carbocycles. The zero-order valence-corrected chi connectivity index (χ0v) is 20.2. The number of rotatable bonds is 7. The van der Waals surface area contributed by atoms with Crippen molar-refractivity contribution >= 4 is 51.1 Å². The summed E-state index contributed by atoms with van der Waals surface area (Å²) in [6.45, 7) is 5.74. The zero-order chi connectivity index (χ0) is 23.5. The van der Waals surface area contributed by atoms with Crippen molar-refractivity contribution in [2.24, 2.45) is 0 Å². The van der Waals surface area contributed by atoms with Gasteiger partial charge in [0.2, 0.25) is 5.91 Å². The fourth-order valence-electron chi connectivity index (χ4n) is 4.47. The van der Waals surface area contributed by atoms with Gasteiger partial charge in [0, 0.05) is 42.4 Å². The molecule has 4 aromatic rings. The van der Waals surface area contributed by atoms with Crippen molar-refractivity contribution in [3.8, 4) is 5.75 Å². The van der Waals surface area contributed by atoms with E-state index in [9.17, 15) is 9.59 Å². The normalized spacial score (nSPS) is 11.2. The van der Waals surface area contributed by atoms with Gasteiger partial charge in [-0.05, 0) is 48.1 Å². The number of carbonyl (C=O) groups is 2. The SMILES string of the molecule is CCCc1cc(OC(C)=O)c(SC)c2c1c1ccccc1n2Cc1cccc(NC(C)=O)c1. The van der Waals surface area contributed by atoms with Gasteiger partial charge in [0.25, 0.3) is 0 Å². The number of anilines is 1. The fraction of sp³-hybridized carbons (Fsp3) is 0.259. The number of aromatic nitrogens is 1. The van der Waals surface area contributed by atoms with Crippen LogP contribution in [0.5, 0.6) is 5.75 Å². The average molecular weight is 461 g/mol. The predicted octanol–water partition coefficient (Wildman–Crippen LogP) is 6.40. The Morgan fingerprint density at radius 3 is 2.55 bits per heavy atom. The number of esters is 1. The third-order valence-electron chi connectivity index (χ3n) is 5.60. The quantitative estimate of drug-likeness (QED) is 0.197. The maximum atomic E-state index is 11.9. The van der Waals surface area contributed by atoms with Crippen molar-refractivity contribution in [1.29, 1.82) is 0 Å². The van der Waals surface area contributed by atoms with E-state index in [-0.39, 0.29) is 11.9 Å². The topological polar surface area (TPSA) is 60.3 Å². The van der Waals surface area contributed by atoms with Crippen LogP contribution in [0.2, 0.25) is 0 Å². The fourth-order valence-corrected chi connectivity index (χ4v) is 5.18. The number of thioether (sulfide) groups is 1. The number of carbonyl (C=O) groups excluding carboxylic acids is 2. The highest BCUT2D eigenvalue weighted by Gasteiger charge is 2.21. The number of hydrogen-bond donors (Lipinski definition) is 1. The first-order valence-corrected chi connectivity index (χ1v) is 12.3. The third-order valence-corrected chi connectivity index (χ3v) is 6.40. The molecule has 0 saturated carbocycles. The van der Waals surface area contributed by atoms with Gasteiger partial charge in [-0.1, -0.05) is 43.7 Å². The number of hydrogen-bond acceptors (Lipinski definition) is 4. The first-order chi connectivity index (χ1) is 15.9. The smallest absolute Gasteiger partial charge is 0.308 e. The van der Waals surface area contributed by atoms with Gasteiger partial charge in [-0.3, -0.25) is 9.59 Å². The van der Waals surface area contributed by atoms with Crippen LogP contribution in [-0.4, -0.2) is 22.7 Å². The van der Waals surface area contributed by atoms with Gasteiger partial charge in [0.05, 0.1) is 10.4 Å². The molecule has 1 aromatic heterocycles. The average Bonchev–Trinajstić information content (AvgIpc) is 3.08. The summed E-state index contributed by atoms with van der Waals surface area (Å²) in [5.74, 6) is 0.198. The van der Waals surface area contributed by atoms with Crippen LogP contribution in [0.15, 0.2) is 59.5 Å². The van der Waals surface area contributed by atoms with Crippen molar-refractivity contribution in [2.45, 2.75) is 45.1 Å². The summed E-state index contributed by atoms with van der Waals surface area (Å²) in [5, 5.41) is 5.28. The number of aryl methyl sites for hydroxylation is 1. The lowest BCUT2D eigenvalue weighted by Gasteiger charge is -2.16. The predicted molar refractivity (Wildman–Crippen MR) is 136 cm³/mol. The molecule has 0 aliphatic heterocycles. The minimum Gasteiger partial charge on any atom is -0.425 e. The Bertz CT molecular complexity index is 1360. The van der Waals surface area contributed by atoms with Crippen LogP contribution in [0.4, 0.5) is 5.69 Å². The van der Waals surface area contributed by atoms with Crippen LogP contribution >= 0.6 is 11.8 Å². The summed E-state index contributed by atoms with van der Waals surface area (Å²) in [6, 6.07) is 18.4. The molecule has 0 fully saturated rings. The van der Waals surface area contributed by atoms with Gasteiger partial charge < -0.3 is 14.6 Å². The minimum absolute atomic E-state index is 0.0936. The second-order valence-electron chi connectivity index (χ2n) is 8.12. The summed E-state index contributed by atoms with van der Waals surface area (Å²) in [6.07, 6.45) is 3.90. The Labute approximate surface area is 198 Å². The Morgan fingerprint density at radius 2 is 1.85 bits per heavy atom. The number of fused-ring (bicyclic) bond motifs is 3. The van der Waals surface area contributed by atoms with E-state index >= 15 is 0 Å². The van der Waals surface area contributed by atoms with E-state index in [1.807, 2.05) is 30.5 Å². The largest absolute Gasteiger partial charge is 0.425 e. The van der Waals surface area contributed by atoms with E-state index in [2.05, 4.69) is 47.1 Å². The second-order valence-corrected chi connectivity index (χ2v) is 8.94. The molecule has 5 nitrogen and oxygen atoms in total. The molecular formula is C27H28N2O3S. The molecule has 0 atom stereocenters. The van der Waals surface area contributed by atoms with E-state index in [1.54, 1.807) is 11.8 Å². The molecule has 4 rings (SSSR count). The van der Waals surface area contributed by atoms with Crippen molar-refractivity contribution in [3.63, 3.8) is 0 Å². The molecule has 6 heteroatoms. The molecular weight excluding hydrogens is 432 g/mol. The molecule has 1 amide bonds. The van der Waals surface area contributed by atoms with Gasteiger partial charge >= 0.3 is 5.97 Å². The molecule has 0 aliphatic rings. The van der Waals surface area contributed by atoms with E-state index in [0.717, 1.165) is 40.0 Å². The number of amides is 1. The second kappa shape index (κ2) is 9.71. The number of nitrogens with one attached hydrogen (secondary N) is 1. The van der Waals surface area contributed by atoms with Gasteiger partial charge in [-0.2, -0.15) is 0 Å². The maximum absolute atomic E-state index is 11.9. The highest BCUT2D eigenvalue weighted by molar-refractivity contribution is 7.99. The monoisotopic (exact) mass is 460 g/mol. The first kappa shape index (κ1) is 22.9. The van der Waals surface area contributed by atoms with Crippen molar-refractivity contribution in [2.75, 3.05) is 11.6 Å². The van der Waals surface area contributed by atoms with Crippen molar-refractivity contribution in [3.05, 3.63) is 65.7 Å². The molecule has 0 spiro atoms.